The molecule has 0 unspecified atom stereocenters. The number of nitrogens with zero attached hydrogens (tertiary/aromatic N) is 6. The lowest BCUT2D eigenvalue weighted by Crippen LogP contribution is -2.33. The second-order valence-corrected chi connectivity index (χ2v) is 8.44. The van der Waals surface area contributed by atoms with Crippen molar-refractivity contribution in [3.8, 4) is 11.7 Å². The van der Waals surface area contributed by atoms with E-state index in [2.05, 4.69) is 20.2 Å². The summed E-state index contributed by atoms with van der Waals surface area (Å²) in [5, 5.41) is 19.1. The van der Waals surface area contributed by atoms with Crippen molar-refractivity contribution in [3.63, 3.8) is 0 Å². The molecule has 0 bridgehead atoms. The van der Waals surface area contributed by atoms with Gasteiger partial charge >= 0.3 is 12.3 Å². The Bertz CT molecular complexity index is 1420. The SMILES string of the molecule is C[C@](O)(Cn1cnc(-n2cnc(C=Cc3ccc(OCC(F)(F)C(F)F)cc3)n2)n1)c1ccc(F)cc1F. The molecular formula is C24H20F6N6O2. The zero-order valence-corrected chi connectivity index (χ0v) is 19.6. The van der Waals surface area contributed by atoms with Gasteiger partial charge in [0, 0.05) is 11.6 Å². The van der Waals surface area contributed by atoms with E-state index in [9.17, 15) is 31.4 Å². The van der Waals surface area contributed by atoms with Crippen LogP contribution in [0, 0.1) is 11.6 Å². The van der Waals surface area contributed by atoms with Crippen molar-refractivity contribution in [2.75, 3.05) is 6.61 Å². The molecule has 0 aliphatic carbocycles. The molecule has 200 valence electrons. The van der Waals surface area contributed by atoms with Crippen LogP contribution in [0.15, 0.2) is 55.1 Å². The van der Waals surface area contributed by atoms with Gasteiger partial charge in [0.25, 0.3) is 5.95 Å². The van der Waals surface area contributed by atoms with Crippen molar-refractivity contribution in [1.82, 2.24) is 29.5 Å². The van der Waals surface area contributed by atoms with Gasteiger partial charge in [0.05, 0.1) is 6.54 Å². The van der Waals surface area contributed by atoms with Crippen molar-refractivity contribution in [2.24, 2.45) is 0 Å². The topological polar surface area (TPSA) is 90.9 Å². The molecule has 0 aliphatic rings. The van der Waals surface area contributed by atoms with Gasteiger partial charge in [-0.1, -0.05) is 24.3 Å². The molecule has 4 aromatic rings. The van der Waals surface area contributed by atoms with Crippen LogP contribution >= 0.6 is 0 Å². The van der Waals surface area contributed by atoms with Crippen molar-refractivity contribution >= 4 is 12.2 Å². The predicted molar refractivity (Wildman–Crippen MR) is 123 cm³/mol. The maximum atomic E-state index is 14.1. The third kappa shape index (κ3) is 6.37. The number of alkyl halides is 4. The minimum absolute atomic E-state index is 0.00711. The highest BCUT2D eigenvalue weighted by atomic mass is 19.3. The highest BCUT2D eigenvalue weighted by molar-refractivity contribution is 5.66. The van der Waals surface area contributed by atoms with Gasteiger partial charge in [0.1, 0.15) is 35.6 Å². The van der Waals surface area contributed by atoms with E-state index < -0.39 is 36.2 Å². The van der Waals surface area contributed by atoms with Crippen molar-refractivity contribution in [3.05, 3.63) is 83.7 Å². The molecule has 2 aromatic heterocycles. The lowest BCUT2D eigenvalue weighted by molar-refractivity contribution is -0.148. The summed E-state index contributed by atoms with van der Waals surface area (Å²) in [6, 6.07) is 8.66. The Morgan fingerprint density at radius 3 is 2.42 bits per heavy atom. The molecule has 0 aliphatic heterocycles. The summed E-state index contributed by atoms with van der Waals surface area (Å²) in [4.78, 5) is 8.21. The number of hydrogen-bond acceptors (Lipinski definition) is 6. The van der Waals surface area contributed by atoms with Gasteiger partial charge in [0.2, 0.25) is 0 Å². The van der Waals surface area contributed by atoms with Gasteiger partial charge < -0.3 is 9.84 Å². The summed E-state index contributed by atoms with van der Waals surface area (Å²) in [6.07, 6.45) is 2.01. The number of ether oxygens (including phenoxy) is 1. The second-order valence-electron chi connectivity index (χ2n) is 8.44. The van der Waals surface area contributed by atoms with E-state index in [4.69, 9.17) is 4.74 Å². The van der Waals surface area contributed by atoms with Crippen LogP contribution in [0.4, 0.5) is 26.3 Å². The summed E-state index contributed by atoms with van der Waals surface area (Å²) in [5.41, 5.74) is -1.18. The van der Waals surface area contributed by atoms with Crippen LogP contribution in [0.2, 0.25) is 0 Å². The lowest BCUT2D eigenvalue weighted by atomic mass is 9.95. The van der Waals surface area contributed by atoms with Crippen LogP contribution in [-0.4, -0.2) is 53.6 Å². The number of rotatable bonds is 10. The van der Waals surface area contributed by atoms with Gasteiger partial charge in [-0.15, -0.1) is 10.2 Å². The van der Waals surface area contributed by atoms with E-state index in [-0.39, 0.29) is 29.6 Å². The van der Waals surface area contributed by atoms with Crippen LogP contribution in [0.3, 0.4) is 0 Å². The van der Waals surface area contributed by atoms with Crippen LogP contribution in [0.25, 0.3) is 18.1 Å². The first-order valence-electron chi connectivity index (χ1n) is 11.0. The zero-order valence-electron chi connectivity index (χ0n) is 19.6. The molecule has 2 heterocycles. The van der Waals surface area contributed by atoms with E-state index in [1.807, 2.05) is 0 Å². The third-order valence-electron chi connectivity index (χ3n) is 5.28. The zero-order chi connectivity index (χ0) is 27.5. The van der Waals surface area contributed by atoms with Crippen LogP contribution < -0.4 is 4.74 Å². The average molecular weight is 538 g/mol. The van der Waals surface area contributed by atoms with Gasteiger partial charge in [0.15, 0.2) is 12.4 Å². The smallest absolute Gasteiger partial charge is 0.340 e. The van der Waals surface area contributed by atoms with E-state index in [1.165, 1.54) is 53.2 Å². The van der Waals surface area contributed by atoms with Crippen molar-refractivity contribution in [1.29, 1.82) is 0 Å². The Kier molecular flexibility index (Phi) is 7.53. The normalized spacial score (nSPS) is 13.8. The number of aromatic nitrogens is 6. The quantitative estimate of drug-likeness (QED) is 0.299. The summed E-state index contributed by atoms with van der Waals surface area (Å²) in [5.74, 6) is -5.49. The maximum absolute atomic E-state index is 14.1. The van der Waals surface area contributed by atoms with Gasteiger partial charge in [-0.2, -0.15) is 18.4 Å². The number of halogens is 6. The Morgan fingerprint density at radius 2 is 1.74 bits per heavy atom. The van der Waals surface area contributed by atoms with Crippen molar-refractivity contribution in [2.45, 2.75) is 31.4 Å². The van der Waals surface area contributed by atoms with Crippen molar-refractivity contribution < 1.29 is 36.2 Å². The summed E-state index contributed by atoms with van der Waals surface area (Å²) >= 11 is 0. The number of aliphatic hydroxyl groups is 1. The predicted octanol–water partition coefficient (Wildman–Crippen LogP) is 4.49. The van der Waals surface area contributed by atoms with E-state index in [0.717, 1.165) is 12.1 Å². The molecule has 0 spiro atoms. The Balaban J connectivity index is 1.38. The maximum Gasteiger partial charge on any atom is 0.340 e. The van der Waals surface area contributed by atoms with Crippen LogP contribution in [-0.2, 0) is 12.1 Å². The highest BCUT2D eigenvalue weighted by Crippen LogP contribution is 2.26. The molecule has 4 rings (SSSR count). The van der Waals surface area contributed by atoms with Crippen LogP contribution in [0.1, 0.15) is 23.9 Å². The van der Waals surface area contributed by atoms with Gasteiger partial charge in [-0.3, -0.25) is 0 Å². The molecule has 8 nitrogen and oxygen atoms in total. The van der Waals surface area contributed by atoms with E-state index in [0.29, 0.717) is 11.6 Å². The molecule has 1 N–H and O–H groups in total. The number of benzene rings is 2. The molecular weight excluding hydrogens is 518 g/mol. The minimum Gasteiger partial charge on any atom is -0.487 e. The molecule has 2 aromatic carbocycles. The molecule has 0 radical (unpaired) electrons. The highest BCUT2D eigenvalue weighted by Gasteiger charge is 2.41. The Labute approximate surface area is 211 Å². The summed E-state index contributed by atoms with van der Waals surface area (Å²) in [6.45, 7) is -0.254. The molecule has 1 atom stereocenters. The molecule has 0 saturated heterocycles. The summed E-state index contributed by atoms with van der Waals surface area (Å²) in [7, 11) is 0. The fourth-order valence-corrected chi connectivity index (χ4v) is 3.33. The standard InChI is InChI=1S/C24H20F6N6O2/c1-23(37,18-8-5-16(25)10-19(18)26)11-35-13-32-22(34-35)36-14-31-20(33-36)9-4-15-2-6-17(7-3-15)38-12-24(29,30)21(27)28/h2-10,13-14,21,37H,11-12H2,1H3/t23-/m0/s1. The lowest BCUT2D eigenvalue weighted by Gasteiger charge is -2.23. The van der Waals surface area contributed by atoms with Gasteiger partial charge in [-0.05, 0) is 36.8 Å². The Hall–Kier alpha value is -4.20. The van der Waals surface area contributed by atoms with E-state index in [1.54, 1.807) is 12.2 Å². The average Bonchev–Trinajstić information content (AvgIpc) is 3.51. The fourth-order valence-electron chi connectivity index (χ4n) is 3.33. The van der Waals surface area contributed by atoms with Gasteiger partial charge in [-0.25, -0.2) is 27.2 Å². The third-order valence-corrected chi connectivity index (χ3v) is 5.28. The minimum atomic E-state index is -4.24. The van der Waals surface area contributed by atoms with Crippen LogP contribution in [0.5, 0.6) is 5.75 Å². The second kappa shape index (κ2) is 10.7. The molecule has 38 heavy (non-hydrogen) atoms. The molecule has 0 amide bonds. The van der Waals surface area contributed by atoms with E-state index >= 15 is 0 Å². The summed E-state index contributed by atoms with van der Waals surface area (Å²) < 4.78 is 84.9. The molecule has 0 saturated carbocycles. The first kappa shape index (κ1) is 26.9. The fraction of sp³-hybridized carbons (Fsp3) is 0.250. The monoisotopic (exact) mass is 538 g/mol. The first-order chi connectivity index (χ1) is 17.9. The molecule has 0 fully saturated rings. The molecule has 14 heteroatoms. The first-order valence-corrected chi connectivity index (χ1v) is 11.0. The number of hydrogen-bond donors (Lipinski definition) is 1. The Morgan fingerprint density at radius 1 is 1.00 bits per heavy atom. The largest absolute Gasteiger partial charge is 0.487 e.